The highest BCUT2D eigenvalue weighted by Crippen LogP contribution is 2.52. The van der Waals surface area contributed by atoms with Crippen LogP contribution in [-0.2, 0) is 9.59 Å². The first-order valence-electron chi connectivity index (χ1n) is 11.1. The van der Waals surface area contributed by atoms with Gasteiger partial charge >= 0.3 is 0 Å². The normalized spacial score (nSPS) is 24.0. The summed E-state index contributed by atoms with van der Waals surface area (Å²) in [7, 11) is 1.48. The molecule has 2 aliphatic carbocycles. The summed E-state index contributed by atoms with van der Waals surface area (Å²) in [5.41, 5.74) is -0.577. The van der Waals surface area contributed by atoms with E-state index in [0.717, 1.165) is 16.1 Å². The quantitative estimate of drug-likeness (QED) is 0.198. The van der Waals surface area contributed by atoms with E-state index < -0.39 is 52.5 Å². The Morgan fingerprint density at radius 2 is 1.63 bits per heavy atom. The van der Waals surface area contributed by atoms with Crippen LogP contribution >= 0.6 is 0 Å². The lowest BCUT2D eigenvalue weighted by Gasteiger charge is -2.30. The number of rotatable bonds is 7. The molecule has 178 valence electrons. The SMILES string of the molecule is COc1ccc(C(=O)CN(C(=O)c2ccccc2[N+](=O)[O-])N2C(=O)[C@H]3[C@H](C2=O)[C@H]2C=C[C@H]3C2)cc1. The zero-order valence-corrected chi connectivity index (χ0v) is 18.7. The van der Waals surface area contributed by atoms with Crippen LogP contribution in [0.1, 0.15) is 27.1 Å². The van der Waals surface area contributed by atoms with Gasteiger partial charge in [0, 0.05) is 11.6 Å². The molecule has 1 saturated carbocycles. The van der Waals surface area contributed by atoms with Gasteiger partial charge in [0.2, 0.25) is 0 Å². The van der Waals surface area contributed by atoms with Gasteiger partial charge in [0.25, 0.3) is 23.4 Å². The number of hydrogen-bond acceptors (Lipinski definition) is 7. The third-order valence-corrected chi connectivity index (χ3v) is 6.96. The minimum absolute atomic E-state index is 0.105. The first-order chi connectivity index (χ1) is 16.8. The molecular formula is C25H21N3O7. The molecule has 2 bridgehead atoms. The van der Waals surface area contributed by atoms with Crippen molar-refractivity contribution in [3.05, 3.63) is 81.9 Å². The van der Waals surface area contributed by atoms with Gasteiger partial charge in [-0.05, 0) is 48.6 Å². The van der Waals surface area contributed by atoms with E-state index in [1.165, 1.54) is 37.4 Å². The maximum Gasteiger partial charge on any atom is 0.282 e. The first kappa shape index (κ1) is 22.5. The van der Waals surface area contributed by atoms with E-state index in [2.05, 4.69) is 0 Å². The topological polar surface area (TPSA) is 127 Å². The molecule has 3 aliphatic rings. The van der Waals surface area contributed by atoms with Gasteiger partial charge in [0.05, 0.1) is 23.9 Å². The van der Waals surface area contributed by atoms with Crippen LogP contribution in [0.2, 0.25) is 0 Å². The molecule has 1 saturated heterocycles. The van der Waals surface area contributed by atoms with Crippen LogP contribution in [-0.4, -0.2) is 52.1 Å². The maximum atomic E-state index is 13.6. The van der Waals surface area contributed by atoms with Crippen molar-refractivity contribution in [2.45, 2.75) is 6.42 Å². The molecule has 1 aliphatic heterocycles. The number of benzene rings is 2. The number of carbonyl (C=O) groups is 4. The Morgan fingerprint density at radius 1 is 1.03 bits per heavy atom. The second kappa shape index (κ2) is 8.46. The zero-order valence-electron chi connectivity index (χ0n) is 18.7. The Bertz CT molecular complexity index is 1260. The van der Waals surface area contributed by atoms with Crippen LogP contribution in [0.3, 0.4) is 0 Å². The molecule has 5 rings (SSSR count). The molecule has 1 heterocycles. The minimum Gasteiger partial charge on any atom is -0.497 e. The van der Waals surface area contributed by atoms with Crippen molar-refractivity contribution in [2.24, 2.45) is 23.7 Å². The van der Waals surface area contributed by atoms with Crippen LogP contribution in [0, 0.1) is 33.8 Å². The van der Waals surface area contributed by atoms with Crippen LogP contribution in [0.15, 0.2) is 60.7 Å². The molecule has 0 radical (unpaired) electrons. The van der Waals surface area contributed by atoms with Crippen molar-refractivity contribution in [2.75, 3.05) is 13.7 Å². The van der Waals surface area contributed by atoms with Crippen LogP contribution < -0.4 is 4.74 Å². The number of imide groups is 1. The summed E-state index contributed by atoms with van der Waals surface area (Å²) in [6.07, 6.45) is 4.53. The summed E-state index contributed by atoms with van der Waals surface area (Å²) in [6, 6.07) is 11.4. The number of hydrogen-bond donors (Lipinski definition) is 0. The van der Waals surface area contributed by atoms with E-state index in [0.29, 0.717) is 12.2 Å². The summed E-state index contributed by atoms with van der Waals surface area (Å²) < 4.78 is 5.10. The number of para-hydroxylation sites is 1. The van der Waals surface area contributed by atoms with E-state index in [9.17, 15) is 29.3 Å². The number of nitro groups is 1. The maximum absolute atomic E-state index is 13.6. The van der Waals surface area contributed by atoms with Gasteiger partial charge in [-0.25, -0.2) is 5.01 Å². The zero-order chi connectivity index (χ0) is 24.9. The third-order valence-electron chi connectivity index (χ3n) is 6.96. The van der Waals surface area contributed by atoms with Crippen LogP contribution in [0.4, 0.5) is 5.69 Å². The van der Waals surface area contributed by atoms with Crippen molar-refractivity contribution in [3.8, 4) is 5.75 Å². The number of methoxy groups -OCH3 is 1. The van der Waals surface area contributed by atoms with Crippen molar-refractivity contribution in [3.63, 3.8) is 0 Å². The lowest BCUT2D eigenvalue weighted by Crippen LogP contribution is -2.52. The van der Waals surface area contributed by atoms with Crippen LogP contribution in [0.25, 0.3) is 0 Å². The molecule has 2 fully saturated rings. The number of hydrazine groups is 1. The number of nitrogens with zero attached hydrogens (tertiary/aromatic N) is 3. The lowest BCUT2D eigenvalue weighted by atomic mass is 9.85. The molecule has 4 atom stereocenters. The van der Waals surface area contributed by atoms with Crippen molar-refractivity contribution >= 4 is 29.2 Å². The summed E-state index contributed by atoms with van der Waals surface area (Å²) in [6.45, 7) is -0.642. The summed E-state index contributed by atoms with van der Waals surface area (Å²) in [5, 5.41) is 13.1. The second-order valence-corrected chi connectivity index (χ2v) is 8.78. The molecular weight excluding hydrogens is 454 g/mol. The summed E-state index contributed by atoms with van der Waals surface area (Å²) in [4.78, 5) is 64.4. The number of nitro benzene ring substituents is 1. The monoisotopic (exact) mass is 475 g/mol. The molecule has 2 aromatic carbocycles. The lowest BCUT2D eigenvalue weighted by molar-refractivity contribution is -0.385. The molecule has 35 heavy (non-hydrogen) atoms. The number of ketones is 1. The molecule has 10 nitrogen and oxygen atoms in total. The standard InChI is InChI=1S/C25H21N3O7/c1-35-17-10-8-14(9-11-17)20(29)13-26(23(30)18-4-2-3-5-19(18)28(33)34)27-24(31)21-15-6-7-16(12-15)22(21)25(27)32/h2-11,15-16,21-22H,12-13H2,1H3/t15-,16-,21+,22+/m0/s1. The Morgan fingerprint density at radius 3 is 2.20 bits per heavy atom. The van der Waals surface area contributed by atoms with E-state index in [1.807, 2.05) is 12.2 Å². The first-order valence-corrected chi connectivity index (χ1v) is 11.1. The Balaban J connectivity index is 1.52. The largest absolute Gasteiger partial charge is 0.497 e. The van der Waals surface area contributed by atoms with Gasteiger partial charge in [-0.15, -0.1) is 0 Å². The third kappa shape index (κ3) is 3.58. The average Bonchev–Trinajstić information content (AvgIpc) is 3.56. The number of carbonyl (C=O) groups excluding carboxylic acids is 4. The van der Waals surface area contributed by atoms with E-state index in [1.54, 1.807) is 12.1 Å². The Kier molecular flexibility index (Phi) is 5.43. The molecule has 10 heteroatoms. The molecule has 0 aromatic heterocycles. The van der Waals surface area contributed by atoms with E-state index in [4.69, 9.17) is 4.74 Å². The summed E-state index contributed by atoms with van der Waals surface area (Å²) >= 11 is 0. The van der Waals surface area contributed by atoms with Gasteiger partial charge in [-0.2, -0.15) is 5.01 Å². The fourth-order valence-corrected chi connectivity index (χ4v) is 5.31. The number of Topliss-reactive ketones (excluding diaryl/α,β-unsaturated/α-hetero) is 1. The Labute approximate surface area is 199 Å². The van der Waals surface area contributed by atoms with Crippen molar-refractivity contribution in [1.29, 1.82) is 0 Å². The molecule has 0 spiro atoms. The number of ether oxygens (including phenoxy) is 1. The van der Waals surface area contributed by atoms with Crippen molar-refractivity contribution < 1.29 is 28.8 Å². The van der Waals surface area contributed by atoms with E-state index >= 15 is 0 Å². The summed E-state index contributed by atoms with van der Waals surface area (Å²) in [5.74, 6) is -3.53. The van der Waals surface area contributed by atoms with Gasteiger partial charge < -0.3 is 4.74 Å². The smallest absolute Gasteiger partial charge is 0.282 e. The second-order valence-electron chi connectivity index (χ2n) is 8.78. The molecule has 3 amide bonds. The molecule has 0 unspecified atom stereocenters. The number of allylic oxidation sites excluding steroid dienone is 2. The minimum atomic E-state index is -0.971. The van der Waals surface area contributed by atoms with Gasteiger partial charge in [0.1, 0.15) is 17.9 Å². The predicted molar refractivity (Wildman–Crippen MR) is 121 cm³/mol. The van der Waals surface area contributed by atoms with Gasteiger partial charge in [-0.3, -0.25) is 29.3 Å². The van der Waals surface area contributed by atoms with Crippen LogP contribution in [0.5, 0.6) is 5.75 Å². The van der Waals surface area contributed by atoms with Gasteiger partial charge in [0.15, 0.2) is 5.78 Å². The van der Waals surface area contributed by atoms with Crippen molar-refractivity contribution in [1.82, 2.24) is 10.0 Å². The fourth-order valence-electron chi connectivity index (χ4n) is 5.31. The average molecular weight is 475 g/mol. The van der Waals surface area contributed by atoms with Gasteiger partial charge in [-0.1, -0.05) is 24.3 Å². The fraction of sp³-hybridized carbons (Fsp3) is 0.280. The highest BCUT2D eigenvalue weighted by atomic mass is 16.6. The Hall–Kier alpha value is -4.34. The number of amides is 3. The molecule has 0 N–H and O–H groups in total. The highest BCUT2D eigenvalue weighted by Gasteiger charge is 2.61. The van der Waals surface area contributed by atoms with E-state index in [-0.39, 0.29) is 23.0 Å². The number of fused-ring (bicyclic) bond motifs is 5. The highest BCUT2D eigenvalue weighted by molar-refractivity contribution is 6.11. The molecule has 2 aromatic rings. The predicted octanol–water partition coefficient (Wildman–Crippen LogP) is 2.65.